The Morgan fingerprint density at radius 1 is 1.25 bits per heavy atom. The summed E-state index contributed by atoms with van der Waals surface area (Å²) in [6.45, 7) is 2.43. The molecule has 0 atom stereocenters. The number of halogens is 4. The summed E-state index contributed by atoms with van der Waals surface area (Å²) in [5.74, 6) is 0.246. The highest BCUT2D eigenvalue weighted by molar-refractivity contribution is 9.10. The molecule has 90 valence electrons. The zero-order valence-corrected chi connectivity index (χ0v) is 10.4. The smallest absolute Gasteiger partial charge is 0.416 e. The van der Waals surface area contributed by atoms with Gasteiger partial charge in [0, 0.05) is 4.47 Å². The van der Waals surface area contributed by atoms with E-state index < -0.39 is 11.7 Å². The number of hydrogen-bond donors (Lipinski definition) is 0. The van der Waals surface area contributed by atoms with Crippen molar-refractivity contribution in [3.05, 3.63) is 28.2 Å². The van der Waals surface area contributed by atoms with E-state index in [-0.39, 0.29) is 5.75 Å². The third-order valence-corrected chi connectivity index (χ3v) is 2.42. The van der Waals surface area contributed by atoms with Crippen LogP contribution < -0.4 is 4.74 Å². The van der Waals surface area contributed by atoms with Gasteiger partial charge in [-0.15, -0.1) is 0 Å². The quantitative estimate of drug-likeness (QED) is 0.735. The zero-order valence-electron chi connectivity index (χ0n) is 8.77. The van der Waals surface area contributed by atoms with E-state index in [1.807, 2.05) is 6.92 Å². The van der Waals surface area contributed by atoms with Gasteiger partial charge in [-0.05, 0) is 24.6 Å². The van der Waals surface area contributed by atoms with Crippen molar-refractivity contribution < 1.29 is 17.9 Å². The van der Waals surface area contributed by atoms with Crippen LogP contribution >= 0.6 is 15.9 Å². The molecule has 0 aliphatic carbocycles. The van der Waals surface area contributed by atoms with E-state index in [1.54, 1.807) is 0 Å². The molecule has 0 spiro atoms. The van der Waals surface area contributed by atoms with Crippen molar-refractivity contribution in [1.29, 1.82) is 0 Å². The van der Waals surface area contributed by atoms with Gasteiger partial charge in [-0.3, -0.25) is 0 Å². The summed E-state index contributed by atoms with van der Waals surface area (Å²) in [7, 11) is 0. The standard InChI is InChI=1S/C11H12BrF3O/c1-2-3-4-16-10-6-8(11(13,14)15)5-9(12)7-10/h5-7H,2-4H2,1H3. The molecule has 0 N–H and O–H groups in total. The number of benzene rings is 1. The van der Waals surface area contributed by atoms with Gasteiger partial charge in [-0.1, -0.05) is 29.3 Å². The molecule has 0 aliphatic rings. The van der Waals surface area contributed by atoms with Crippen LogP contribution in [0.2, 0.25) is 0 Å². The fourth-order valence-corrected chi connectivity index (χ4v) is 1.62. The molecular weight excluding hydrogens is 285 g/mol. The lowest BCUT2D eigenvalue weighted by Gasteiger charge is -2.11. The van der Waals surface area contributed by atoms with E-state index in [9.17, 15) is 13.2 Å². The van der Waals surface area contributed by atoms with Crippen molar-refractivity contribution >= 4 is 15.9 Å². The monoisotopic (exact) mass is 296 g/mol. The highest BCUT2D eigenvalue weighted by Crippen LogP contribution is 2.34. The lowest BCUT2D eigenvalue weighted by atomic mass is 10.2. The van der Waals surface area contributed by atoms with Crippen LogP contribution in [0.1, 0.15) is 25.3 Å². The van der Waals surface area contributed by atoms with Crippen molar-refractivity contribution in [2.24, 2.45) is 0 Å². The average molecular weight is 297 g/mol. The molecule has 0 aromatic heterocycles. The third-order valence-electron chi connectivity index (χ3n) is 1.97. The van der Waals surface area contributed by atoms with Crippen LogP contribution in [-0.2, 0) is 6.18 Å². The third kappa shape index (κ3) is 4.04. The number of ether oxygens (including phenoxy) is 1. The Morgan fingerprint density at radius 2 is 1.94 bits per heavy atom. The largest absolute Gasteiger partial charge is 0.494 e. The molecule has 0 fully saturated rings. The molecule has 5 heteroatoms. The fraction of sp³-hybridized carbons (Fsp3) is 0.455. The second-order valence-electron chi connectivity index (χ2n) is 3.38. The summed E-state index contributed by atoms with van der Waals surface area (Å²) < 4.78 is 43.0. The van der Waals surface area contributed by atoms with Crippen molar-refractivity contribution in [3.8, 4) is 5.75 Å². The summed E-state index contributed by atoms with van der Waals surface area (Å²) >= 11 is 3.03. The van der Waals surface area contributed by atoms with E-state index in [4.69, 9.17) is 4.74 Å². The first-order chi connectivity index (χ1) is 7.43. The highest BCUT2D eigenvalue weighted by Gasteiger charge is 2.31. The first-order valence-corrected chi connectivity index (χ1v) is 5.73. The molecule has 0 radical (unpaired) electrons. The zero-order chi connectivity index (χ0) is 12.2. The molecule has 0 amide bonds. The second kappa shape index (κ2) is 5.57. The number of alkyl halides is 3. The first kappa shape index (κ1) is 13.4. The van der Waals surface area contributed by atoms with Crippen molar-refractivity contribution in [2.45, 2.75) is 25.9 Å². The number of hydrogen-bond acceptors (Lipinski definition) is 1. The lowest BCUT2D eigenvalue weighted by Crippen LogP contribution is -2.06. The van der Waals surface area contributed by atoms with Crippen molar-refractivity contribution in [1.82, 2.24) is 0 Å². The van der Waals surface area contributed by atoms with Crippen LogP contribution in [0.25, 0.3) is 0 Å². The molecule has 1 aromatic carbocycles. The summed E-state index contributed by atoms with van der Waals surface area (Å²) in [5.41, 5.74) is -0.701. The fourth-order valence-electron chi connectivity index (χ4n) is 1.14. The van der Waals surface area contributed by atoms with Gasteiger partial charge in [-0.25, -0.2) is 0 Å². The molecule has 0 bridgehead atoms. The van der Waals surface area contributed by atoms with Crippen LogP contribution in [0.15, 0.2) is 22.7 Å². The summed E-state index contributed by atoms with van der Waals surface area (Å²) in [6.07, 6.45) is -2.57. The van der Waals surface area contributed by atoms with Crippen LogP contribution in [0.4, 0.5) is 13.2 Å². The van der Waals surface area contributed by atoms with Gasteiger partial charge in [0.05, 0.1) is 12.2 Å². The molecule has 1 aromatic rings. The maximum Gasteiger partial charge on any atom is 0.416 e. The first-order valence-electron chi connectivity index (χ1n) is 4.94. The number of unbranched alkanes of at least 4 members (excludes halogenated alkanes) is 1. The molecule has 1 rings (SSSR count). The summed E-state index contributed by atoms with van der Waals surface area (Å²) in [5, 5.41) is 0. The maximum absolute atomic E-state index is 12.5. The van der Waals surface area contributed by atoms with Gasteiger partial charge in [-0.2, -0.15) is 13.2 Å². The molecule has 0 saturated heterocycles. The minimum absolute atomic E-state index is 0.246. The van der Waals surface area contributed by atoms with E-state index >= 15 is 0 Å². The predicted octanol–water partition coefficient (Wildman–Crippen LogP) is 4.65. The van der Waals surface area contributed by atoms with Gasteiger partial charge < -0.3 is 4.74 Å². The van der Waals surface area contributed by atoms with Crippen LogP contribution in [0.5, 0.6) is 5.75 Å². The highest BCUT2D eigenvalue weighted by atomic mass is 79.9. The van der Waals surface area contributed by atoms with Gasteiger partial charge in [0.25, 0.3) is 0 Å². The normalized spacial score (nSPS) is 11.6. The second-order valence-corrected chi connectivity index (χ2v) is 4.29. The van der Waals surface area contributed by atoms with Crippen LogP contribution in [0, 0.1) is 0 Å². The molecular formula is C11H12BrF3O. The molecule has 0 saturated carbocycles. The molecule has 1 nitrogen and oxygen atoms in total. The minimum Gasteiger partial charge on any atom is -0.494 e. The van der Waals surface area contributed by atoms with Crippen molar-refractivity contribution in [3.63, 3.8) is 0 Å². The van der Waals surface area contributed by atoms with Crippen molar-refractivity contribution in [2.75, 3.05) is 6.61 Å². The van der Waals surface area contributed by atoms with Crippen LogP contribution in [-0.4, -0.2) is 6.61 Å². The van der Waals surface area contributed by atoms with E-state index in [0.29, 0.717) is 11.1 Å². The number of rotatable bonds is 4. The SMILES string of the molecule is CCCCOc1cc(Br)cc(C(F)(F)F)c1. The van der Waals surface area contributed by atoms with E-state index in [1.165, 1.54) is 6.07 Å². The molecule has 0 unspecified atom stereocenters. The van der Waals surface area contributed by atoms with Gasteiger partial charge in [0.15, 0.2) is 0 Å². The minimum atomic E-state index is -4.34. The topological polar surface area (TPSA) is 9.23 Å². The van der Waals surface area contributed by atoms with Crippen LogP contribution in [0.3, 0.4) is 0 Å². The molecule has 0 heterocycles. The summed E-state index contributed by atoms with van der Waals surface area (Å²) in [6, 6.07) is 3.58. The van der Waals surface area contributed by atoms with Gasteiger partial charge in [0.2, 0.25) is 0 Å². The van der Waals surface area contributed by atoms with E-state index in [2.05, 4.69) is 15.9 Å². The van der Waals surface area contributed by atoms with Gasteiger partial charge >= 0.3 is 6.18 Å². The Balaban J connectivity index is 2.82. The Morgan fingerprint density at radius 3 is 2.50 bits per heavy atom. The Kier molecular flexibility index (Phi) is 4.65. The Bertz CT molecular complexity index is 350. The Hall–Kier alpha value is -0.710. The predicted molar refractivity (Wildman–Crippen MR) is 59.5 cm³/mol. The average Bonchev–Trinajstić information content (AvgIpc) is 2.16. The molecule has 0 aliphatic heterocycles. The molecule has 16 heavy (non-hydrogen) atoms. The maximum atomic E-state index is 12.5. The lowest BCUT2D eigenvalue weighted by molar-refractivity contribution is -0.137. The van der Waals surface area contributed by atoms with Gasteiger partial charge in [0.1, 0.15) is 5.75 Å². The summed E-state index contributed by atoms with van der Waals surface area (Å²) in [4.78, 5) is 0. The van der Waals surface area contributed by atoms with E-state index in [0.717, 1.165) is 25.0 Å². The Labute approximate surface area is 101 Å².